The molecule has 1 saturated carbocycles. The Balaban J connectivity index is 1.73. The van der Waals surface area contributed by atoms with E-state index in [1.165, 1.54) is 18.3 Å². The molecule has 9 heteroatoms. The Morgan fingerprint density at radius 1 is 1.32 bits per heavy atom. The zero-order valence-corrected chi connectivity index (χ0v) is 17.3. The van der Waals surface area contributed by atoms with Gasteiger partial charge in [-0.15, -0.1) is 0 Å². The number of aromatic nitrogens is 3. The Bertz CT molecular complexity index is 1100. The number of amides is 1. The first kappa shape index (κ1) is 21.2. The number of carbonyl (C=O) groups is 1. The highest BCUT2D eigenvalue weighted by atomic mass is 19.3. The lowest BCUT2D eigenvalue weighted by atomic mass is 9.77. The highest BCUT2D eigenvalue weighted by Crippen LogP contribution is 2.33. The van der Waals surface area contributed by atoms with Crippen molar-refractivity contribution in [2.75, 3.05) is 6.61 Å². The number of nitrogens with zero attached hydrogens (tertiary/aromatic N) is 3. The highest BCUT2D eigenvalue weighted by Gasteiger charge is 2.38. The Morgan fingerprint density at radius 3 is 2.71 bits per heavy atom. The molecule has 2 aromatic heterocycles. The summed E-state index contributed by atoms with van der Waals surface area (Å²) in [6, 6.07) is 7.99. The van der Waals surface area contributed by atoms with Crippen LogP contribution in [0.2, 0.25) is 0 Å². The second-order valence-electron chi connectivity index (χ2n) is 8.13. The van der Waals surface area contributed by atoms with E-state index in [0.717, 1.165) is 19.3 Å². The minimum absolute atomic E-state index is 0.0210. The highest BCUT2D eigenvalue weighted by molar-refractivity contribution is 5.99. The lowest BCUT2D eigenvalue weighted by Gasteiger charge is -2.40. The molecule has 0 spiro atoms. The molecule has 0 atom stereocenters. The molecule has 0 bridgehead atoms. The quantitative estimate of drug-likeness (QED) is 0.593. The maximum atomic E-state index is 12.8. The van der Waals surface area contributed by atoms with Gasteiger partial charge in [0.2, 0.25) is 0 Å². The molecule has 7 nitrogen and oxygen atoms in total. The van der Waals surface area contributed by atoms with Gasteiger partial charge in [0.25, 0.3) is 5.91 Å². The fourth-order valence-electron chi connectivity index (χ4n) is 3.79. The van der Waals surface area contributed by atoms with E-state index >= 15 is 0 Å². The fourth-order valence-corrected chi connectivity index (χ4v) is 3.79. The molecule has 1 amide bonds. The first-order valence-corrected chi connectivity index (χ1v) is 10.2. The van der Waals surface area contributed by atoms with Crippen molar-refractivity contribution in [3.8, 4) is 17.0 Å². The summed E-state index contributed by atoms with van der Waals surface area (Å²) in [4.78, 5) is 17.3. The predicted octanol–water partition coefficient (Wildman–Crippen LogP) is 3.93. The third-order valence-electron chi connectivity index (χ3n) is 5.62. The van der Waals surface area contributed by atoms with E-state index in [-0.39, 0.29) is 24.3 Å². The molecule has 31 heavy (non-hydrogen) atoms. The molecule has 4 rings (SSSR count). The number of fused-ring (bicyclic) bond motifs is 1. The van der Waals surface area contributed by atoms with Crippen LogP contribution >= 0.6 is 0 Å². The zero-order chi connectivity index (χ0) is 22.2. The molecule has 2 N–H and O–H groups in total. The number of halogens is 2. The molecule has 1 aliphatic carbocycles. The third kappa shape index (κ3) is 4.10. The van der Waals surface area contributed by atoms with Crippen molar-refractivity contribution in [1.29, 1.82) is 0 Å². The molecule has 0 aliphatic heterocycles. The van der Waals surface area contributed by atoms with Gasteiger partial charge >= 0.3 is 6.61 Å². The van der Waals surface area contributed by atoms with Crippen LogP contribution in [0.4, 0.5) is 8.78 Å². The van der Waals surface area contributed by atoms with Crippen LogP contribution in [0, 0.1) is 0 Å². The third-order valence-corrected chi connectivity index (χ3v) is 5.62. The smallest absolute Gasteiger partial charge is 0.387 e. The Hall–Kier alpha value is -3.07. The van der Waals surface area contributed by atoms with E-state index in [9.17, 15) is 18.7 Å². The van der Waals surface area contributed by atoms with E-state index in [4.69, 9.17) is 0 Å². The van der Waals surface area contributed by atoms with Crippen LogP contribution < -0.4 is 10.1 Å². The number of hydrogen-bond acceptors (Lipinski definition) is 5. The molecule has 1 aromatic carbocycles. The first-order valence-electron chi connectivity index (χ1n) is 10.2. The van der Waals surface area contributed by atoms with Crippen molar-refractivity contribution in [3.63, 3.8) is 0 Å². The molecule has 0 radical (unpaired) electrons. The summed E-state index contributed by atoms with van der Waals surface area (Å²) in [5.74, 6) is -0.265. The second-order valence-corrected chi connectivity index (χ2v) is 8.13. The maximum Gasteiger partial charge on any atom is 0.387 e. The Labute approximate surface area is 178 Å². The first-order chi connectivity index (χ1) is 14.8. The van der Waals surface area contributed by atoms with E-state index in [1.54, 1.807) is 22.9 Å². The van der Waals surface area contributed by atoms with Gasteiger partial charge in [-0.2, -0.15) is 13.9 Å². The number of ether oxygens (including phenoxy) is 1. The van der Waals surface area contributed by atoms with Crippen LogP contribution in [0.25, 0.3) is 22.3 Å². The lowest BCUT2D eigenvalue weighted by molar-refractivity contribution is -0.0498. The SMILES string of the molecule is CC(C)n1nc(-c2cccc(OC(F)F)c2)c2ncc(C(=O)NC3(CO)CCC3)cc21. The molecule has 0 saturated heterocycles. The van der Waals surface area contributed by atoms with Gasteiger partial charge in [-0.3, -0.25) is 14.5 Å². The van der Waals surface area contributed by atoms with Gasteiger partial charge in [0.15, 0.2) is 0 Å². The number of nitrogens with one attached hydrogen (secondary N) is 1. The van der Waals surface area contributed by atoms with E-state index in [1.807, 2.05) is 13.8 Å². The van der Waals surface area contributed by atoms with Crippen LogP contribution in [0.15, 0.2) is 36.5 Å². The van der Waals surface area contributed by atoms with Gasteiger partial charge in [-0.25, -0.2) is 0 Å². The zero-order valence-electron chi connectivity index (χ0n) is 17.3. The van der Waals surface area contributed by atoms with Crippen molar-refractivity contribution in [2.45, 2.75) is 51.3 Å². The summed E-state index contributed by atoms with van der Waals surface area (Å²) >= 11 is 0. The number of rotatable bonds is 7. The topological polar surface area (TPSA) is 89.3 Å². The lowest BCUT2D eigenvalue weighted by Crippen LogP contribution is -2.56. The molecule has 1 fully saturated rings. The van der Waals surface area contributed by atoms with E-state index in [0.29, 0.717) is 27.9 Å². The van der Waals surface area contributed by atoms with Gasteiger partial charge < -0.3 is 15.2 Å². The summed E-state index contributed by atoms with van der Waals surface area (Å²) in [7, 11) is 0. The minimum Gasteiger partial charge on any atom is -0.435 e. The average Bonchev–Trinajstić information content (AvgIpc) is 3.09. The van der Waals surface area contributed by atoms with Crippen LogP contribution in [0.5, 0.6) is 5.75 Å². The average molecular weight is 430 g/mol. The number of hydrogen-bond donors (Lipinski definition) is 2. The van der Waals surface area contributed by atoms with E-state index in [2.05, 4.69) is 20.1 Å². The summed E-state index contributed by atoms with van der Waals surface area (Å²) in [5.41, 5.74) is 2.13. The van der Waals surface area contributed by atoms with Gasteiger partial charge in [-0.1, -0.05) is 12.1 Å². The van der Waals surface area contributed by atoms with Crippen LogP contribution in [-0.2, 0) is 0 Å². The molecule has 164 valence electrons. The monoisotopic (exact) mass is 430 g/mol. The number of benzene rings is 1. The van der Waals surface area contributed by atoms with Crippen molar-refractivity contribution in [1.82, 2.24) is 20.1 Å². The van der Waals surface area contributed by atoms with Crippen molar-refractivity contribution >= 4 is 16.9 Å². The van der Waals surface area contributed by atoms with Gasteiger partial charge in [-0.05, 0) is 51.3 Å². The molecule has 0 unspecified atom stereocenters. The molecule has 1 aliphatic rings. The molecular weight excluding hydrogens is 406 g/mol. The molecular formula is C22H24F2N4O3. The number of pyridine rings is 1. The fraction of sp³-hybridized carbons (Fsp3) is 0.409. The maximum absolute atomic E-state index is 12.8. The predicted molar refractivity (Wildman–Crippen MR) is 111 cm³/mol. The largest absolute Gasteiger partial charge is 0.435 e. The molecule has 2 heterocycles. The summed E-state index contributed by atoms with van der Waals surface area (Å²) in [5, 5.41) is 17.2. The summed E-state index contributed by atoms with van der Waals surface area (Å²) < 4.78 is 31.5. The minimum atomic E-state index is -2.92. The van der Waals surface area contributed by atoms with Gasteiger partial charge in [0.05, 0.1) is 23.2 Å². The summed E-state index contributed by atoms with van der Waals surface area (Å²) in [6.45, 7) is 0.889. The number of aliphatic hydroxyl groups excluding tert-OH is 1. The van der Waals surface area contributed by atoms with Crippen LogP contribution in [0.1, 0.15) is 49.5 Å². The van der Waals surface area contributed by atoms with Crippen LogP contribution in [-0.4, -0.2) is 44.5 Å². The van der Waals surface area contributed by atoms with Crippen LogP contribution in [0.3, 0.4) is 0 Å². The van der Waals surface area contributed by atoms with Crippen molar-refractivity contribution in [3.05, 3.63) is 42.1 Å². The number of aliphatic hydroxyl groups is 1. The number of carbonyl (C=O) groups excluding carboxylic acids is 1. The van der Waals surface area contributed by atoms with Crippen molar-refractivity contribution in [2.24, 2.45) is 0 Å². The normalized spacial score (nSPS) is 15.3. The summed E-state index contributed by atoms with van der Waals surface area (Å²) in [6.07, 6.45) is 3.93. The Kier molecular flexibility index (Phi) is 5.62. The van der Waals surface area contributed by atoms with E-state index < -0.39 is 12.2 Å². The van der Waals surface area contributed by atoms with Gasteiger partial charge in [0, 0.05) is 17.8 Å². The Morgan fingerprint density at radius 2 is 2.10 bits per heavy atom. The standard InChI is InChI=1S/C22H24F2N4O3/c1-13(2)28-17-10-15(20(30)26-22(12-29)7-4-8-22)11-25-19(17)18(27-28)14-5-3-6-16(9-14)31-21(23)24/h3,5-6,9-11,13,21,29H,4,7-8,12H2,1-2H3,(H,26,30). The number of alkyl halides is 2. The molecule has 3 aromatic rings. The van der Waals surface area contributed by atoms with Crippen molar-refractivity contribution < 1.29 is 23.4 Å². The second kappa shape index (κ2) is 8.22. The van der Waals surface area contributed by atoms with Gasteiger partial charge in [0.1, 0.15) is 17.0 Å².